The number of urea groups is 1. The first-order valence-corrected chi connectivity index (χ1v) is 6.12. The van der Waals surface area contributed by atoms with Crippen LogP contribution >= 0.6 is 15.9 Å². The molecule has 18 heavy (non-hydrogen) atoms. The van der Waals surface area contributed by atoms with Crippen molar-refractivity contribution in [3.63, 3.8) is 0 Å². The molecule has 2 N–H and O–H groups in total. The predicted octanol–water partition coefficient (Wildman–Crippen LogP) is 1.59. The van der Waals surface area contributed by atoms with Crippen molar-refractivity contribution in [2.75, 3.05) is 21.1 Å². The quantitative estimate of drug-likeness (QED) is 0.920. The molecule has 0 aliphatic heterocycles. The van der Waals surface area contributed by atoms with Gasteiger partial charge in [-0.2, -0.15) is 0 Å². The van der Waals surface area contributed by atoms with Crippen LogP contribution in [0.2, 0.25) is 0 Å². The zero-order chi connectivity index (χ0) is 13.9. The van der Waals surface area contributed by atoms with Crippen molar-refractivity contribution in [2.24, 2.45) is 5.73 Å². The summed E-state index contributed by atoms with van der Waals surface area (Å²) < 4.78 is 0.831. The van der Waals surface area contributed by atoms with Crippen molar-refractivity contribution in [1.82, 2.24) is 9.80 Å². The van der Waals surface area contributed by atoms with E-state index >= 15 is 0 Å². The number of carbonyl (C=O) groups is 2. The first-order valence-electron chi connectivity index (χ1n) is 5.33. The summed E-state index contributed by atoms with van der Waals surface area (Å²) in [6.45, 7) is 0. The third-order valence-corrected chi connectivity index (χ3v) is 3.00. The highest BCUT2D eigenvalue weighted by Gasteiger charge is 2.27. The standard InChI is InChI=1S/C12H16BrN3O2/c1-15(2)12(18)16(3)10(11(14)17)8-5-4-6-9(13)7-8/h4-7,10H,1-3H3,(H2,14,17)/t10-/m1/s1. The van der Waals surface area contributed by atoms with Crippen LogP contribution in [-0.2, 0) is 4.79 Å². The number of benzene rings is 1. The van der Waals surface area contributed by atoms with Gasteiger partial charge in [0.05, 0.1) is 0 Å². The Morgan fingerprint density at radius 1 is 1.28 bits per heavy atom. The molecule has 0 radical (unpaired) electrons. The Kier molecular flexibility index (Phi) is 4.72. The molecule has 0 fully saturated rings. The molecule has 0 aliphatic carbocycles. The van der Waals surface area contributed by atoms with E-state index in [4.69, 9.17) is 5.73 Å². The van der Waals surface area contributed by atoms with Crippen molar-refractivity contribution in [2.45, 2.75) is 6.04 Å². The number of halogens is 1. The Hall–Kier alpha value is -1.56. The van der Waals surface area contributed by atoms with Gasteiger partial charge in [0.15, 0.2) is 0 Å². The lowest BCUT2D eigenvalue weighted by atomic mass is 10.1. The molecule has 98 valence electrons. The van der Waals surface area contributed by atoms with Crippen molar-refractivity contribution < 1.29 is 9.59 Å². The largest absolute Gasteiger partial charge is 0.368 e. The molecule has 1 atom stereocenters. The molecule has 3 amide bonds. The van der Waals surface area contributed by atoms with Gasteiger partial charge in [0.1, 0.15) is 6.04 Å². The van der Waals surface area contributed by atoms with Gasteiger partial charge in [-0.25, -0.2) is 4.79 Å². The number of likely N-dealkylation sites (N-methyl/N-ethyl adjacent to an activating group) is 1. The summed E-state index contributed by atoms with van der Waals surface area (Å²) in [6, 6.07) is 6.11. The van der Waals surface area contributed by atoms with Crippen LogP contribution in [-0.4, -0.2) is 42.9 Å². The van der Waals surface area contributed by atoms with Crippen LogP contribution in [0.5, 0.6) is 0 Å². The van der Waals surface area contributed by atoms with Gasteiger partial charge in [-0.05, 0) is 17.7 Å². The molecule has 1 aromatic carbocycles. The van der Waals surface area contributed by atoms with E-state index in [9.17, 15) is 9.59 Å². The van der Waals surface area contributed by atoms with Gasteiger partial charge in [-0.15, -0.1) is 0 Å². The highest BCUT2D eigenvalue weighted by atomic mass is 79.9. The number of hydrogen-bond donors (Lipinski definition) is 1. The van der Waals surface area contributed by atoms with E-state index < -0.39 is 11.9 Å². The maximum Gasteiger partial charge on any atom is 0.320 e. The van der Waals surface area contributed by atoms with Gasteiger partial charge in [-0.1, -0.05) is 28.1 Å². The molecule has 0 saturated carbocycles. The van der Waals surface area contributed by atoms with Crippen LogP contribution in [0.25, 0.3) is 0 Å². The second-order valence-corrected chi connectivity index (χ2v) is 5.06. The zero-order valence-electron chi connectivity index (χ0n) is 10.6. The summed E-state index contributed by atoms with van der Waals surface area (Å²) in [5.41, 5.74) is 6.07. The number of carbonyl (C=O) groups excluding carboxylic acids is 2. The Balaban J connectivity index is 3.11. The van der Waals surface area contributed by atoms with Gasteiger partial charge in [0.2, 0.25) is 5.91 Å². The fourth-order valence-corrected chi connectivity index (χ4v) is 2.10. The van der Waals surface area contributed by atoms with E-state index in [0.717, 1.165) is 4.47 Å². The van der Waals surface area contributed by atoms with Gasteiger partial charge in [0, 0.05) is 25.6 Å². The molecule has 0 unspecified atom stereocenters. The van der Waals surface area contributed by atoms with Crippen molar-refractivity contribution in [3.05, 3.63) is 34.3 Å². The molecular weight excluding hydrogens is 298 g/mol. The highest BCUT2D eigenvalue weighted by Crippen LogP contribution is 2.23. The first kappa shape index (κ1) is 14.5. The molecular formula is C12H16BrN3O2. The predicted molar refractivity (Wildman–Crippen MR) is 72.9 cm³/mol. The number of rotatable bonds is 3. The average Bonchev–Trinajstić information content (AvgIpc) is 2.27. The third-order valence-electron chi connectivity index (χ3n) is 2.51. The van der Waals surface area contributed by atoms with Gasteiger partial charge in [0.25, 0.3) is 0 Å². The lowest BCUT2D eigenvalue weighted by molar-refractivity contribution is -0.122. The van der Waals surface area contributed by atoms with E-state index in [0.29, 0.717) is 5.56 Å². The van der Waals surface area contributed by atoms with Gasteiger partial charge in [-0.3, -0.25) is 4.79 Å². The van der Waals surface area contributed by atoms with Gasteiger partial charge >= 0.3 is 6.03 Å². The molecule has 0 aromatic heterocycles. The molecule has 1 aromatic rings. The minimum absolute atomic E-state index is 0.279. The fourth-order valence-electron chi connectivity index (χ4n) is 1.68. The topological polar surface area (TPSA) is 66.6 Å². The fraction of sp³-hybridized carbons (Fsp3) is 0.333. The number of nitrogens with two attached hydrogens (primary N) is 1. The second kappa shape index (κ2) is 5.86. The van der Waals surface area contributed by atoms with E-state index in [1.165, 1.54) is 9.80 Å². The zero-order valence-corrected chi connectivity index (χ0v) is 12.1. The summed E-state index contributed by atoms with van der Waals surface area (Å²) in [5, 5.41) is 0. The van der Waals surface area contributed by atoms with E-state index in [2.05, 4.69) is 15.9 Å². The summed E-state index contributed by atoms with van der Waals surface area (Å²) >= 11 is 3.33. The van der Waals surface area contributed by atoms with Crippen LogP contribution in [0.4, 0.5) is 4.79 Å². The molecule has 0 heterocycles. The van der Waals surface area contributed by atoms with Crippen LogP contribution in [0.3, 0.4) is 0 Å². The van der Waals surface area contributed by atoms with Crippen LogP contribution < -0.4 is 5.73 Å². The number of primary amides is 1. The summed E-state index contributed by atoms with van der Waals surface area (Å²) in [6.07, 6.45) is 0. The van der Waals surface area contributed by atoms with Crippen LogP contribution in [0.15, 0.2) is 28.7 Å². The van der Waals surface area contributed by atoms with Crippen molar-refractivity contribution in [1.29, 1.82) is 0 Å². The first-order chi connectivity index (χ1) is 8.34. The normalized spacial score (nSPS) is 11.8. The maximum absolute atomic E-state index is 11.9. The van der Waals surface area contributed by atoms with Crippen molar-refractivity contribution >= 4 is 27.9 Å². The monoisotopic (exact) mass is 313 g/mol. The number of hydrogen-bond acceptors (Lipinski definition) is 2. The lowest BCUT2D eigenvalue weighted by Crippen LogP contribution is -2.43. The van der Waals surface area contributed by atoms with Gasteiger partial charge < -0.3 is 15.5 Å². The molecule has 6 heteroatoms. The smallest absolute Gasteiger partial charge is 0.320 e. The lowest BCUT2D eigenvalue weighted by Gasteiger charge is -2.28. The summed E-state index contributed by atoms with van der Waals surface area (Å²) in [5.74, 6) is -0.564. The highest BCUT2D eigenvalue weighted by molar-refractivity contribution is 9.10. The van der Waals surface area contributed by atoms with E-state index in [-0.39, 0.29) is 6.03 Å². The number of amides is 3. The van der Waals surface area contributed by atoms with E-state index in [1.807, 2.05) is 6.07 Å². The molecule has 0 spiro atoms. The third kappa shape index (κ3) is 3.22. The minimum Gasteiger partial charge on any atom is -0.368 e. The number of nitrogens with zero attached hydrogens (tertiary/aromatic N) is 2. The average molecular weight is 314 g/mol. The second-order valence-electron chi connectivity index (χ2n) is 4.15. The molecule has 0 saturated heterocycles. The van der Waals surface area contributed by atoms with Crippen LogP contribution in [0.1, 0.15) is 11.6 Å². The Morgan fingerprint density at radius 2 is 1.89 bits per heavy atom. The van der Waals surface area contributed by atoms with E-state index in [1.54, 1.807) is 39.3 Å². The summed E-state index contributed by atoms with van der Waals surface area (Å²) in [4.78, 5) is 26.2. The SMILES string of the molecule is CN(C)C(=O)N(C)[C@@H](C(N)=O)c1cccc(Br)c1. The van der Waals surface area contributed by atoms with Crippen LogP contribution in [0, 0.1) is 0 Å². The molecule has 0 aliphatic rings. The Morgan fingerprint density at radius 3 is 2.33 bits per heavy atom. The Labute approximate surface area is 115 Å². The molecule has 1 rings (SSSR count). The summed E-state index contributed by atoms with van der Waals surface area (Å²) in [7, 11) is 4.80. The molecule has 0 bridgehead atoms. The van der Waals surface area contributed by atoms with Crippen molar-refractivity contribution in [3.8, 4) is 0 Å². The maximum atomic E-state index is 11.9. The minimum atomic E-state index is -0.780. The molecule has 5 nitrogen and oxygen atoms in total. The Bertz CT molecular complexity index is 462.